The third kappa shape index (κ3) is 203. The fourth-order valence-electron chi connectivity index (χ4n) is 0. The first-order valence-corrected chi connectivity index (χ1v) is 3.05. The molecule has 10 heteroatoms. The minimum absolute atomic E-state index is 0. The standard InChI is InChI=1S/Ca.Li.2H2O3S/c;;2*1-4(2)3/h;;2*(H2,1,2,3)/q+2;+1;;/p-3. The summed E-state index contributed by atoms with van der Waals surface area (Å²) in [6.07, 6.45) is 0. The van der Waals surface area contributed by atoms with Crippen molar-refractivity contribution >= 4 is 60.5 Å². The molecule has 1 atom stereocenters. The van der Waals surface area contributed by atoms with Crippen LogP contribution in [-0.4, -0.2) is 64.4 Å². The van der Waals surface area contributed by atoms with Crippen molar-refractivity contribution < 1.29 is 45.5 Å². The normalized spacial score (nSPS) is 9.70. The van der Waals surface area contributed by atoms with E-state index in [4.69, 9.17) is 26.6 Å². The molecule has 1 N–H and O–H groups in total. The third-order valence-corrected chi connectivity index (χ3v) is 0. The predicted molar refractivity (Wildman–Crippen MR) is 27.0 cm³/mol. The van der Waals surface area contributed by atoms with Crippen molar-refractivity contribution in [2.24, 2.45) is 0 Å². The van der Waals surface area contributed by atoms with Crippen LogP contribution in [0.3, 0.4) is 0 Å². The molecule has 10 heavy (non-hydrogen) atoms. The number of hydrogen-bond acceptors (Lipinski definition) is 5. The van der Waals surface area contributed by atoms with Crippen LogP contribution in [0.25, 0.3) is 0 Å². The van der Waals surface area contributed by atoms with Crippen LogP contribution in [0, 0.1) is 0 Å². The SMILES string of the molecule is O=S([O-])O.O=S([O-])[O-].[Ca+2].[Li+]. The molecule has 0 saturated heterocycles. The summed E-state index contributed by atoms with van der Waals surface area (Å²) in [5.41, 5.74) is 0. The Morgan fingerprint density at radius 3 is 1.10 bits per heavy atom. The van der Waals surface area contributed by atoms with Gasteiger partial charge in [-0.15, -0.1) is 11.4 Å². The van der Waals surface area contributed by atoms with E-state index in [2.05, 4.69) is 0 Å². The Morgan fingerprint density at radius 2 is 1.10 bits per heavy atom. The summed E-state index contributed by atoms with van der Waals surface area (Å²) in [4.78, 5) is 0. The second-order valence-corrected chi connectivity index (χ2v) is 1.26. The quantitative estimate of drug-likeness (QED) is 0.314. The average Bonchev–Trinajstić information content (AvgIpc) is 1.25. The second kappa shape index (κ2) is 17.2. The van der Waals surface area contributed by atoms with E-state index in [1.165, 1.54) is 0 Å². The van der Waals surface area contributed by atoms with Gasteiger partial charge in [-0.1, -0.05) is 0 Å². The molecule has 6 nitrogen and oxygen atoms in total. The first-order chi connectivity index (χ1) is 3.46. The van der Waals surface area contributed by atoms with Gasteiger partial charge in [0.15, 0.2) is 0 Å². The average molecular weight is 208 g/mol. The van der Waals surface area contributed by atoms with Gasteiger partial charge >= 0.3 is 56.6 Å². The van der Waals surface area contributed by atoms with Crippen molar-refractivity contribution in [2.75, 3.05) is 0 Å². The van der Waals surface area contributed by atoms with Crippen LogP contribution in [-0.2, 0) is 22.7 Å². The Hall–Kier alpha value is 2.00. The number of rotatable bonds is 0. The van der Waals surface area contributed by atoms with E-state index in [1.54, 1.807) is 0 Å². The summed E-state index contributed by atoms with van der Waals surface area (Å²) in [6, 6.07) is 0. The zero-order chi connectivity index (χ0) is 7.15. The van der Waals surface area contributed by atoms with Crippen molar-refractivity contribution in [3.05, 3.63) is 0 Å². The van der Waals surface area contributed by atoms with Gasteiger partial charge in [0.25, 0.3) is 0 Å². The molecule has 0 bridgehead atoms. The molecule has 0 aromatic rings. The number of hydrogen-bond donors (Lipinski definition) is 1. The first kappa shape index (κ1) is 22.7. The predicted octanol–water partition coefficient (Wildman–Crippen LogP) is -5.04. The van der Waals surface area contributed by atoms with Gasteiger partial charge in [0.05, 0.1) is 11.4 Å². The molecule has 1 unspecified atom stereocenters. The van der Waals surface area contributed by atoms with Crippen molar-refractivity contribution in [1.29, 1.82) is 0 Å². The molecule has 52 valence electrons. The molecule has 0 rings (SSSR count). The van der Waals surface area contributed by atoms with Gasteiger partial charge in [-0.05, 0) is 0 Å². The largest absolute Gasteiger partial charge is 2.00 e. The minimum atomic E-state index is -3.11. The van der Waals surface area contributed by atoms with E-state index >= 15 is 0 Å². The summed E-state index contributed by atoms with van der Waals surface area (Å²) in [5, 5.41) is 0. The molecule has 0 fully saturated rings. The van der Waals surface area contributed by atoms with Gasteiger partial charge in [0.2, 0.25) is 0 Å². The van der Waals surface area contributed by atoms with E-state index < -0.39 is 22.7 Å². The van der Waals surface area contributed by atoms with E-state index in [-0.39, 0.29) is 56.6 Å². The minimum Gasteiger partial charge on any atom is -0.784 e. The molecule has 0 heterocycles. The fourth-order valence-corrected chi connectivity index (χ4v) is 0. The first-order valence-electron chi connectivity index (χ1n) is 1.02. The Labute approximate surface area is 105 Å². The summed E-state index contributed by atoms with van der Waals surface area (Å²) in [7, 11) is 0. The summed E-state index contributed by atoms with van der Waals surface area (Å²) in [5.74, 6) is 0. The zero-order valence-electron chi connectivity index (χ0n) is 5.01. The van der Waals surface area contributed by atoms with Crippen molar-refractivity contribution in [3.8, 4) is 0 Å². The summed E-state index contributed by atoms with van der Waals surface area (Å²) >= 11 is -5.97. The van der Waals surface area contributed by atoms with Gasteiger partial charge in [0.1, 0.15) is 0 Å². The van der Waals surface area contributed by atoms with E-state index in [0.717, 1.165) is 0 Å². The Bertz CT molecular complexity index is 73.7. The molecule has 0 aromatic heterocycles. The maximum Gasteiger partial charge on any atom is 2.00 e. The smallest absolute Gasteiger partial charge is 0.784 e. The van der Waals surface area contributed by atoms with Gasteiger partial charge in [-0.3, -0.25) is 4.21 Å². The molecule has 0 saturated carbocycles. The second-order valence-electron chi connectivity index (χ2n) is 0.421. The van der Waals surface area contributed by atoms with Gasteiger partial charge in [-0.2, -0.15) is 0 Å². The topological polar surface area (TPSA) is 124 Å². The van der Waals surface area contributed by atoms with Crippen LogP contribution in [0.4, 0.5) is 0 Å². The molecule has 0 aliphatic carbocycles. The van der Waals surface area contributed by atoms with Crippen molar-refractivity contribution in [1.82, 2.24) is 0 Å². The van der Waals surface area contributed by atoms with Crippen LogP contribution >= 0.6 is 0 Å². The Morgan fingerprint density at radius 1 is 1.10 bits per heavy atom. The van der Waals surface area contributed by atoms with E-state index in [1.807, 2.05) is 0 Å². The molecular weight excluding hydrogens is 207 g/mol. The molecule has 0 aromatic carbocycles. The van der Waals surface area contributed by atoms with E-state index in [0.29, 0.717) is 0 Å². The third-order valence-electron chi connectivity index (χ3n) is 0. The van der Waals surface area contributed by atoms with Crippen LogP contribution in [0.15, 0.2) is 0 Å². The Balaban J connectivity index is -0.0000000300. The molecular formula is HCaLiO6S2. The molecule has 0 aliphatic rings. The van der Waals surface area contributed by atoms with Gasteiger partial charge < -0.3 is 18.2 Å². The molecule has 0 radical (unpaired) electrons. The van der Waals surface area contributed by atoms with Crippen LogP contribution < -0.4 is 18.9 Å². The van der Waals surface area contributed by atoms with Crippen molar-refractivity contribution in [3.63, 3.8) is 0 Å². The zero-order valence-corrected chi connectivity index (χ0v) is 8.85. The van der Waals surface area contributed by atoms with Crippen LogP contribution in [0.1, 0.15) is 0 Å². The maximum absolute atomic E-state index is 8.56. The monoisotopic (exact) mass is 208 g/mol. The maximum atomic E-state index is 8.56. The van der Waals surface area contributed by atoms with Crippen LogP contribution in [0.2, 0.25) is 0 Å². The van der Waals surface area contributed by atoms with E-state index in [9.17, 15) is 0 Å². The van der Waals surface area contributed by atoms with Gasteiger partial charge in [-0.25, -0.2) is 4.21 Å². The molecule has 0 aliphatic heterocycles. The van der Waals surface area contributed by atoms with Gasteiger partial charge in [0, 0.05) is 0 Å². The molecule has 0 amide bonds. The van der Waals surface area contributed by atoms with Crippen LogP contribution in [0.5, 0.6) is 0 Å². The summed E-state index contributed by atoms with van der Waals surface area (Å²) < 4.78 is 49.4. The Kier molecular flexibility index (Phi) is 39.0. The fraction of sp³-hybridized carbons (Fsp3) is 0. The van der Waals surface area contributed by atoms with Crippen molar-refractivity contribution in [2.45, 2.75) is 0 Å². The molecule has 0 spiro atoms. The summed E-state index contributed by atoms with van der Waals surface area (Å²) in [6.45, 7) is 0.